The predicted octanol–water partition coefficient (Wildman–Crippen LogP) is 3.53. The van der Waals surface area contributed by atoms with Crippen LogP contribution in [0, 0.1) is 0 Å². The normalized spacial score (nSPS) is 14.6. The molecule has 0 unspecified atom stereocenters. The lowest BCUT2D eigenvalue weighted by Crippen LogP contribution is -2.24. The summed E-state index contributed by atoms with van der Waals surface area (Å²) in [5.41, 5.74) is -3.79. The van der Waals surface area contributed by atoms with Gasteiger partial charge in [0.25, 0.3) is 9.84 Å². The number of aliphatic hydroxyl groups excluding tert-OH is 1. The van der Waals surface area contributed by atoms with E-state index in [1.54, 1.807) is 10.3 Å². The maximum absolute atomic E-state index is 12.7. The van der Waals surface area contributed by atoms with E-state index in [0.29, 0.717) is 46.5 Å². The molecule has 3 heterocycles. The molecule has 8 nitrogen and oxygen atoms in total. The molecule has 1 amide bonds. The summed E-state index contributed by atoms with van der Waals surface area (Å²) in [7, 11) is -5.44. The second kappa shape index (κ2) is 10.4. The topological polar surface area (TPSA) is 118 Å². The van der Waals surface area contributed by atoms with Crippen molar-refractivity contribution in [2.75, 3.05) is 6.54 Å². The number of alkyl halides is 3. The van der Waals surface area contributed by atoms with Crippen molar-refractivity contribution < 1.29 is 36.3 Å². The summed E-state index contributed by atoms with van der Waals surface area (Å²) in [5.74, 6) is -0.196. The second-order valence-corrected chi connectivity index (χ2v) is 12.0. The van der Waals surface area contributed by atoms with Crippen molar-refractivity contribution in [3.8, 4) is 10.6 Å². The van der Waals surface area contributed by atoms with Gasteiger partial charge in [-0.05, 0) is 24.1 Å². The number of hydrogen-bond acceptors (Lipinski definition) is 9. The lowest BCUT2D eigenvalue weighted by Gasteiger charge is -2.14. The van der Waals surface area contributed by atoms with Crippen molar-refractivity contribution in [1.29, 1.82) is 0 Å². The van der Waals surface area contributed by atoms with E-state index in [9.17, 15) is 36.3 Å². The Morgan fingerprint density at radius 3 is 2.44 bits per heavy atom. The number of hydrogen-bond donors (Lipinski definition) is 1. The quantitative estimate of drug-likeness (QED) is 0.426. The molecule has 2 aromatic heterocycles. The van der Waals surface area contributed by atoms with Crippen LogP contribution in [0.4, 0.5) is 13.2 Å². The fourth-order valence-electron chi connectivity index (χ4n) is 3.70. The Kier molecular flexibility index (Phi) is 7.59. The molecule has 14 heteroatoms. The number of Topliss-reactive ketones (excluding diaryl/α,β-unsaturated/α-hetero) is 1. The van der Waals surface area contributed by atoms with Crippen LogP contribution in [0.25, 0.3) is 10.6 Å². The van der Waals surface area contributed by atoms with Gasteiger partial charge in [-0.25, -0.2) is 18.4 Å². The van der Waals surface area contributed by atoms with Crippen LogP contribution in [0.15, 0.2) is 34.5 Å². The molecule has 0 aliphatic carbocycles. The second-order valence-electron chi connectivity index (χ2n) is 8.07. The highest BCUT2D eigenvalue weighted by Gasteiger charge is 2.46. The Labute approximate surface area is 212 Å². The SMILES string of the molecule is O=C(Cc1ccc(S(=O)(=O)C(F)(F)F)cc1)Cc1nc(-c2sc(CO)nc2CN2CCCC2=O)cs1. The zero-order valence-corrected chi connectivity index (χ0v) is 21.1. The van der Waals surface area contributed by atoms with E-state index in [1.165, 1.54) is 34.8 Å². The molecule has 1 N–H and O–H groups in total. The molecule has 0 atom stereocenters. The minimum absolute atomic E-state index is 0.0150. The average molecular weight is 560 g/mol. The number of sulfone groups is 1. The molecule has 1 aliphatic rings. The van der Waals surface area contributed by atoms with Crippen molar-refractivity contribution in [1.82, 2.24) is 14.9 Å². The van der Waals surface area contributed by atoms with E-state index < -0.39 is 20.2 Å². The fraction of sp³-hybridized carbons (Fsp3) is 0.364. The van der Waals surface area contributed by atoms with Crippen molar-refractivity contribution in [3.05, 3.63) is 50.9 Å². The number of carbonyl (C=O) groups is 2. The Bertz CT molecular complexity index is 1380. The lowest BCUT2D eigenvalue weighted by molar-refractivity contribution is -0.128. The summed E-state index contributed by atoms with van der Waals surface area (Å²) >= 11 is 2.53. The van der Waals surface area contributed by atoms with Crippen molar-refractivity contribution in [2.24, 2.45) is 0 Å². The van der Waals surface area contributed by atoms with Gasteiger partial charge in [-0.2, -0.15) is 13.2 Å². The standard InChI is InChI=1S/C22H20F3N3O5S3/c23-22(24,25)36(32,33)15-5-3-13(4-6-15)8-14(30)9-18-27-17(12-34-18)21-16(26-19(11-29)35-21)10-28-7-1-2-20(28)31/h3-6,12,29H,1-2,7-11H2. The van der Waals surface area contributed by atoms with Crippen LogP contribution in [0.2, 0.25) is 0 Å². The van der Waals surface area contributed by atoms with E-state index in [-0.39, 0.29) is 31.1 Å². The first-order valence-electron chi connectivity index (χ1n) is 10.7. The average Bonchev–Trinajstić information content (AvgIpc) is 3.54. The highest BCUT2D eigenvalue weighted by Crippen LogP contribution is 2.33. The van der Waals surface area contributed by atoms with E-state index >= 15 is 0 Å². The number of amides is 1. The van der Waals surface area contributed by atoms with E-state index in [0.717, 1.165) is 23.4 Å². The van der Waals surface area contributed by atoms with Gasteiger partial charge in [0, 0.05) is 24.8 Å². The van der Waals surface area contributed by atoms with Crippen LogP contribution in [0.1, 0.15) is 34.1 Å². The number of nitrogens with zero attached hydrogens (tertiary/aromatic N) is 3. The minimum atomic E-state index is -5.44. The van der Waals surface area contributed by atoms with E-state index in [2.05, 4.69) is 9.97 Å². The molecule has 1 fully saturated rings. The summed E-state index contributed by atoms with van der Waals surface area (Å²) in [5, 5.41) is 12.3. The number of halogens is 3. The lowest BCUT2D eigenvalue weighted by atomic mass is 10.1. The Balaban J connectivity index is 1.43. The number of benzene rings is 1. The summed E-state index contributed by atoms with van der Waals surface area (Å²) in [6, 6.07) is 4.04. The molecule has 0 radical (unpaired) electrons. The van der Waals surface area contributed by atoms with Crippen molar-refractivity contribution >= 4 is 44.2 Å². The number of aliphatic hydroxyl groups is 1. The molecule has 0 spiro atoms. The van der Waals surface area contributed by atoms with Gasteiger partial charge < -0.3 is 10.0 Å². The maximum Gasteiger partial charge on any atom is 0.501 e. The predicted molar refractivity (Wildman–Crippen MR) is 126 cm³/mol. The van der Waals surface area contributed by atoms with Crippen LogP contribution in [-0.2, 0) is 45.4 Å². The highest BCUT2D eigenvalue weighted by molar-refractivity contribution is 7.92. The van der Waals surface area contributed by atoms with Gasteiger partial charge >= 0.3 is 5.51 Å². The summed E-state index contributed by atoms with van der Waals surface area (Å²) in [4.78, 5) is 35.0. The molecular weight excluding hydrogens is 539 g/mol. The van der Waals surface area contributed by atoms with Crippen LogP contribution >= 0.6 is 22.7 Å². The summed E-state index contributed by atoms with van der Waals surface area (Å²) < 4.78 is 61.0. The van der Waals surface area contributed by atoms with Crippen LogP contribution in [-0.4, -0.2) is 52.1 Å². The van der Waals surface area contributed by atoms with Gasteiger partial charge in [0.15, 0.2) is 0 Å². The molecule has 1 saturated heterocycles. The number of ketones is 1. The molecule has 36 heavy (non-hydrogen) atoms. The highest BCUT2D eigenvalue weighted by atomic mass is 32.2. The number of carbonyl (C=O) groups excluding carboxylic acids is 2. The van der Waals surface area contributed by atoms with Gasteiger partial charge in [0.2, 0.25) is 5.91 Å². The number of aromatic nitrogens is 2. The summed E-state index contributed by atoms with van der Waals surface area (Å²) in [6.07, 6.45) is 1.17. The molecule has 1 aliphatic heterocycles. The summed E-state index contributed by atoms with van der Waals surface area (Å²) in [6.45, 7) is 0.713. The largest absolute Gasteiger partial charge is 0.501 e. The zero-order valence-electron chi connectivity index (χ0n) is 18.6. The Hall–Kier alpha value is -2.68. The van der Waals surface area contributed by atoms with Gasteiger partial charge in [-0.15, -0.1) is 22.7 Å². The van der Waals surface area contributed by atoms with Gasteiger partial charge in [0.1, 0.15) is 15.8 Å². The van der Waals surface area contributed by atoms with Crippen LogP contribution < -0.4 is 0 Å². The monoisotopic (exact) mass is 559 g/mol. The van der Waals surface area contributed by atoms with Gasteiger partial charge in [-0.1, -0.05) is 12.1 Å². The van der Waals surface area contributed by atoms with E-state index in [1.807, 2.05) is 0 Å². The molecular formula is C22H20F3N3O5S3. The third-order valence-electron chi connectivity index (χ3n) is 5.46. The van der Waals surface area contributed by atoms with E-state index in [4.69, 9.17) is 0 Å². The fourth-order valence-corrected chi connectivity index (χ4v) is 6.25. The molecule has 0 bridgehead atoms. The van der Waals surface area contributed by atoms with Crippen molar-refractivity contribution in [2.45, 2.75) is 49.2 Å². The number of thiazole rings is 2. The molecule has 4 rings (SSSR count). The first kappa shape index (κ1) is 26.4. The first-order chi connectivity index (χ1) is 17.0. The molecule has 1 aromatic carbocycles. The first-order valence-corrected chi connectivity index (χ1v) is 13.9. The minimum Gasteiger partial charge on any atom is -0.389 e. The molecule has 192 valence electrons. The third-order valence-corrected chi connectivity index (χ3v) is 8.92. The third kappa shape index (κ3) is 5.66. The van der Waals surface area contributed by atoms with Gasteiger partial charge in [-0.3, -0.25) is 9.59 Å². The maximum atomic E-state index is 12.7. The molecule has 3 aromatic rings. The Morgan fingerprint density at radius 2 is 1.83 bits per heavy atom. The molecule has 0 saturated carbocycles. The number of likely N-dealkylation sites (tertiary alicyclic amines) is 1. The van der Waals surface area contributed by atoms with Crippen LogP contribution in [0.5, 0.6) is 0 Å². The number of rotatable bonds is 9. The van der Waals surface area contributed by atoms with Crippen molar-refractivity contribution in [3.63, 3.8) is 0 Å². The smallest absolute Gasteiger partial charge is 0.389 e. The van der Waals surface area contributed by atoms with Gasteiger partial charge in [0.05, 0.1) is 40.7 Å². The van der Waals surface area contributed by atoms with Crippen LogP contribution in [0.3, 0.4) is 0 Å². The Morgan fingerprint density at radius 1 is 1.11 bits per heavy atom. The zero-order chi connectivity index (χ0) is 26.1.